The molecule has 0 spiro atoms. The molecule has 0 saturated carbocycles. The maximum atomic E-state index is 3.58. The maximum absolute atomic E-state index is 3.58. The van der Waals surface area contributed by atoms with Crippen molar-refractivity contribution in [1.82, 2.24) is 5.43 Å². The largest absolute Gasteiger partial charge is 0.321 e. The number of anilines is 1. The third-order valence-corrected chi connectivity index (χ3v) is 4.74. The van der Waals surface area contributed by atoms with Crippen LogP contribution in [0.3, 0.4) is 0 Å². The zero-order valence-electron chi connectivity index (χ0n) is 15.5. The van der Waals surface area contributed by atoms with Gasteiger partial charge < -0.3 is 5.43 Å². The number of hydrogen-bond acceptors (Lipinski definition) is 2. The highest BCUT2D eigenvalue weighted by atomic mass is 15.4. The second-order valence-corrected chi connectivity index (χ2v) is 6.84. The van der Waals surface area contributed by atoms with Crippen molar-refractivity contribution in [3.63, 3.8) is 0 Å². The Morgan fingerprint density at radius 1 is 0.750 bits per heavy atom. The van der Waals surface area contributed by atoms with Crippen molar-refractivity contribution < 1.29 is 0 Å². The summed E-state index contributed by atoms with van der Waals surface area (Å²) in [5, 5.41) is 2.56. The summed E-state index contributed by atoms with van der Waals surface area (Å²) in [5.41, 5.74) is 8.24. The molecule has 0 aliphatic carbocycles. The summed E-state index contributed by atoms with van der Waals surface area (Å²) in [5.74, 6) is 0. The van der Waals surface area contributed by atoms with Gasteiger partial charge in [-0.15, -0.1) is 0 Å². The van der Waals surface area contributed by atoms with Gasteiger partial charge in [-0.1, -0.05) is 95.2 Å². The molecule has 0 saturated heterocycles. The van der Waals surface area contributed by atoms with Crippen LogP contribution in [-0.2, 0) is 0 Å². The normalized spacial score (nSPS) is 12.4. The van der Waals surface area contributed by atoms with E-state index in [-0.39, 0.29) is 0 Å². The van der Waals surface area contributed by atoms with Crippen molar-refractivity contribution in [3.05, 3.63) is 42.5 Å². The van der Waals surface area contributed by atoms with Gasteiger partial charge in [0.1, 0.15) is 0 Å². The number of unbranched alkanes of at least 4 members (excludes halogenated alkanes) is 5. The molecular formula is C22H34N2. The van der Waals surface area contributed by atoms with E-state index < -0.39 is 0 Å². The first kappa shape index (κ1) is 18.8. The Hall–Kier alpha value is -1.54. The topological polar surface area (TPSA) is 24.1 Å². The molecule has 2 aromatic rings. The van der Waals surface area contributed by atoms with Crippen LogP contribution >= 0.6 is 0 Å². The Labute approximate surface area is 148 Å². The van der Waals surface area contributed by atoms with E-state index in [0.29, 0.717) is 6.04 Å². The van der Waals surface area contributed by atoms with Gasteiger partial charge in [0.05, 0.1) is 5.69 Å². The molecule has 1 unspecified atom stereocenters. The highest BCUT2D eigenvalue weighted by Gasteiger charge is 2.08. The first-order valence-corrected chi connectivity index (χ1v) is 9.84. The first-order valence-electron chi connectivity index (χ1n) is 9.84. The molecule has 0 bridgehead atoms. The van der Waals surface area contributed by atoms with Gasteiger partial charge in [0.2, 0.25) is 0 Å². The van der Waals surface area contributed by atoms with Crippen LogP contribution in [0.5, 0.6) is 0 Å². The van der Waals surface area contributed by atoms with Crippen LogP contribution in [-0.4, -0.2) is 6.04 Å². The SMILES string of the molecule is CCCCCCCCC(CCC)NNc1cccc2ccccc12. The second kappa shape index (κ2) is 11.1. The van der Waals surface area contributed by atoms with E-state index in [0.717, 1.165) is 0 Å². The summed E-state index contributed by atoms with van der Waals surface area (Å²) in [6, 6.07) is 15.5. The van der Waals surface area contributed by atoms with E-state index in [1.54, 1.807) is 0 Å². The number of nitrogens with one attached hydrogen (secondary N) is 2. The van der Waals surface area contributed by atoms with Crippen LogP contribution in [0.1, 0.15) is 71.6 Å². The summed E-state index contributed by atoms with van der Waals surface area (Å²) in [6.45, 7) is 4.55. The van der Waals surface area contributed by atoms with Crippen LogP contribution in [0.15, 0.2) is 42.5 Å². The number of hydrogen-bond donors (Lipinski definition) is 2. The van der Waals surface area contributed by atoms with E-state index >= 15 is 0 Å². The van der Waals surface area contributed by atoms with E-state index in [1.165, 1.54) is 74.2 Å². The first-order chi connectivity index (χ1) is 11.8. The number of rotatable bonds is 12. The van der Waals surface area contributed by atoms with Gasteiger partial charge in [0.25, 0.3) is 0 Å². The Morgan fingerprint density at radius 2 is 1.50 bits per heavy atom. The van der Waals surface area contributed by atoms with Crippen molar-refractivity contribution in [3.8, 4) is 0 Å². The third kappa shape index (κ3) is 6.16. The molecule has 132 valence electrons. The molecule has 24 heavy (non-hydrogen) atoms. The van der Waals surface area contributed by atoms with Crippen LogP contribution in [0.2, 0.25) is 0 Å². The molecule has 2 rings (SSSR count). The third-order valence-electron chi connectivity index (χ3n) is 4.74. The van der Waals surface area contributed by atoms with Crippen LogP contribution in [0, 0.1) is 0 Å². The van der Waals surface area contributed by atoms with Gasteiger partial charge in [-0.3, -0.25) is 0 Å². The summed E-state index contributed by atoms with van der Waals surface area (Å²) in [4.78, 5) is 0. The highest BCUT2D eigenvalue weighted by Crippen LogP contribution is 2.22. The van der Waals surface area contributed by atoms with Crippen molar-refractivity contribution in [1.29, 1.82) is 0 Å². The molecule has 2 aromatic carbocycles. The Morgan fingerprint density at radius 3 is 2.33 bits per heavy atom. The fourth-order valence-electron chi connectivity index (χ4n) is 3.32. The molecule has 0 fully saturated rings. The lowest BCUT2D eigenvalue weighted by molar-refractivity contribution is 0.452. The quantitative estimate of drug-likeness (QED) is 0.336. The molecule has 1 atom stereocenters. The van der Waals surface area contributed by atoms with Gasteiger partial charge in [-0.25, -0.2) is 5.43 Å². The molecule has 0 amide bonds. The van der Waals surface area contributed by atoms with Crippen molar-refractivity contribution in [2.45, 2.75) is 77.7 Å². The molecule has 2 N–H and O–H groups in total. The van der Waals surface area contributed by atoms with Gasteiger partial charge in [0.15, 0.2) is 0 Å². The van der Waals surface area contributed by atoms with E-state index in [9.17, 15) is 0 Å². The molecule has 0 aliphatic rings. The molecular weight excluding hydrogens is 292 g/mol. The number of hydrazine groups is 1. The Kier molecular flexibility index (Phi) is 8.69. The zero-order valence-corrected chi connectivity index (χ0v) is 15.5. The van der Waals surface area contributed by atoms with Crippen LogP contribution in [0.25, 0.3) is 10.8 Å². The smallest absolute Gasteiger partial charge is 0.0566 e. The van der Waals surface area contributed by atoms with Gasteiger partial charge >= 0.3 is 0 Å². The van der Waals surface area contributed by atoms with E-state index in [2.05, 4.69) is 67.2 Å². The number of benzene rings is 2. The van der Waals surface area contributed by atoms with E-state index in [4.69, 9.17) is 0 Å². The summed E-state index contributed by atoms with van der Waals surface area (Å²) >= 11 is 0. The molecule has 2 nitrogen and oxygen atoms in total. The lowest BCUT2D eigenvalue weighted by atomic mass is 10.0. The monoisotopic (exact) mass is 326 g/mol. The van der Waals surface area contributed by atoms with Crippen molar-refractivity contribution in [2.75, 3.05) is 5.43 Å². The van der Waals surface area contributed by atoms with Gasteiger partial charge in [-0.05, 0) is 24.3 Å². The standard InChI is InChI=1S/C22H34N2/c1-3-5-6-7-8-9-16-20(13-4-2)23-24-22-18-12-15-19-14-10-11-17-21(19)22/h10-12,14-15,17-18,20,23-24H,3-9,13,16H2,1-2H3. The summed E-state index contributed by atoms with van der Waals surface area (Å²) in [6.07, 6.45) is 11.9. The number of fused-ring (bicyclic) bond motifs is 1. The minimum atomic E-state index is 0.556. The van der Waals surface area contributed by atoms with E-state index in [1.807, 2.05) is 0 Å². The lowest BCUT2D eigenvalue weighted by Crippen LogP contribution is -2.34. The average molecular weight is 327 g/mol. The minimum Gasteiger partial charge on any atom is -0.321 e. The van der Waals surface area contributed by atoms with Crippen molar-refractivity contribution >= 4 is 16.5 Å². The molecule has 0 aliphatic heterocycles. The molecule has 2 heteroatoms. The van der Waals surface area contributed by atoms with Gasteiger partial charge in [-0.2, -0.15) is 0 Å². The predicted octanol–water partition coefficient (Wildman–Crippen LogP) is 6.68. The van der Waals surface area contributed by atoms with Crippen molar-refractivity contribution in [2.24, 2.45) is 0 Å². The molecule has 0 radical (unpaired) electrons. The summed E-state index contributed by atoms with van der Waals surface area (Å²) in [7, 11) is 0. The molecule has 0 heterocycles. The second-order valence-electron chi connectivity index (χ2n) is 6.84. The van der Waals surface area contributed by atoms with Crippen LogP contribution in [0.4, 0.5) is 5.69 Å². The maximum Gasteiger partial charge on any atom is 0.0566 e. The Bertz CT molecular complexity index is 574. The highest BCUT2D eigenvalue weighted by molar-refractivity contribution is 5.93. The molecule has 0 aromatic heterocycles. The minimum absolute atomic E-state index is 0.556. The lowest BCUT2D eigenvalue weighted by Gasteiger charge is -2.20. The fraction of sp³-hybridized carbons (Fsp3) is 0.545. The summed E-state index contributed by atoms with van der Waals surface area (Å²) < 4.78 is 0. The van der Waals surface area contributed by atoms with Gasteiger partial charge in [0, 0.05) is 11.4 Å². The predicted molar refractivity (Wildman–Crippen MR) is 107 cm³/mol. The zero-order chi connectivity index (χ0) is 17.0. The fourth-order valence-corrected chi connectivity index (χ4v) is 3.32. The van der Waals surface area contributed by atoms with Crippen LogP contribution < -0.4 is 10.9 Å². The average Bonchev–Trinajstić information content (AvgIpc) is 2.62. The Balaban J connectivity index is 1.82.